The second-order valence-electron chi connectivity index (χ2n) is 3.59. The Balaban J connectivity index is 2.59. The van der Waals surface area contributed by atoms with Crippen LogP contribution < -0.4 is 0 Å². The van der Waals surface area contributed by atoms with E-state index in [-0.39, 0.29) is 0 Å². The summed E-state index contributed by atoms with van der Waals surface area (Å²) in [5.74, 6) is 0.553. The average Bonchev–Trinajstić information content (AvgIpc) is 2.29. The first-order chi connectivity index (χ1) is 8.13. The lowest BCUT2D eigenvalue weighted by Crippen LogP contribution is -2.00. The van der Waals surface area contributed by atoms with Crippen molar-refractivity contribution in [2.24, 2.45) is 0 Å². The number of aryl methyl sites for hydroxylation is 1. The van der Waals surface area contributed by atoms with Crippen LogP contribution in [0.3, 0.4) is 0 Å². The lowest BCUT2D eigenvalue weighted by Gasteiger charge is -2.08. The highest BCUT2D eigenvalue weighted by atomic mass is 79.9. The largest absolute Gasteiger partial charge is 0.252 e. The predicted octanol–water partition coefficient (Wildman–Crippen LogP) is 3.83. The molecule has 2 heterocycles. The van der Waals surface area contributed by atoms with Crippen molar-refractivity contribution in [3.8, 4) is 11.5 Å². The van der Waals surface area contributed by atoms with Crippen molar-refractivity contribution in [2.75, 3.05) is 0 Å². The van der Waals surface area contributed by atoms with E-state index in [0.717, 1.165) is 22.2 Å². The second kappa shape index (κ2) is 5.10. The molecule has 3 nitrogen and oxygen atoms in total. The molecule has 0 atom stereocenters. The zero-order valence-electron chi connectivity index (χ0n) is 9.54. The molecule has 0 amide bonds. The van der Waals surface area contributed by atoms with Crippen LogP contribution in [0.2, 0.25) is 5.15 Å². The Morgan fingerprint density at radius 3 is 2.71 bits per heavy atom. The molecule has 17 heavy (non-hydrogen) atoms. The topological polar surface area (TPSA) is 38.7 Å². The van der Waals surface area contributed by atoms with E-state index in [1.165, 1.54) is 0 Å². The Bertz CT molecular complexity index is 534. The predicted molar refractivity (Wildman–Crippen MR) is 72.1 cm³/mol. The van der Waals surface area contributed by atoms with E-state index in [2.05, 4.69) is 30.9 Å². The number of pyridine rings is 1. The number of aromatic nitrogens is 3. The molecule has 0 fully saturated rings. The van der Waals surface area contributed by atoms with Gasteiger partial charge < -0.3 is 0 Å². The number of nitrogens with zero attached hydrogens (tertiary/aromatic N) is 3. The molecule has 0 aliphatic rings. The minimum absolute atomic E-state index is 0.507. The minimum Gasteiger partial charge on any atom is -0.252 e. The van der Waals surface area contributed by atoms with Crippen molar-refractivity contribution >= 4 is 27.5 Å². The third-order valence-electron chi connectivity index (χ3n) is 2.49. The van der Waals surface area contributed by atoms with Gasteiger partial charge in [-0.2, -0.15) is 0 Å². The van der Waals surface area contributed by atoms with Gasteiger partial charge >= 0.3 is 0 Å². The number of hydrogen-bond acceptors (Lipinski definition) is 3. The molecule has 0 saturated carbocycles. The van der Waals surface area contributed by atoms with Gasteiger partial charge in [-0.25, -0.2) is 9.97 Å². The number of rotatable bonds is 2. The molecule has 0 aliphatic carbocycles. The van der Waals surface area contributed by atoms with Gasteiger partial charge in [-0.15, -0.1) is 0 Å². The standard InChI is InChI=1S/C12H11BrClN3/c1-3-8-7(2)16-12(17-11(8)14)10-9(13)5-4-6-15-10/h4-6H,3H2,1-2H3. The Kier molecular flexibility index (Phi) is 3.74. The van der Waals surface area contributed by atoms with Gasteiger partial charge in [-0.1, -0.05) is 18.5 Å². The monoisotopic (exact) mass is 311 g/mol. The SMILES string of the molecule is CCc1c(C)nc(-c2ncccc2Br)nc1Cl. The number of hydrogen-bond donors (Lipinski definition) is 0. The highest BCUT2D eigenvalue weighted by Gasteiger charge is 2.12. The highest BCUT2D eigenvalue weighted by Crippen LogP contribution is 2.26. The van der Waals surface area contributed by atoms with Gasteiger partial charge in [0.2, 0.25) is 0 Å². The summed E-state index contributed by atoms with van der Waals surface area (Å²) in [4.78, 5) is 13.0. The molecular weight excluding hydrogens is 302 g/mol. The van der Waals surface area contributed by atoms with Crippen LogP contribution >= 0.6 is 27.5 Å². The van der Waals surface area contributed by atoms with Gasteiger partial charge in [0.1, 0.15) is 10.8 Å². The summed E-state index contributed by atoms with van der Waals surface area (Å²) < 4.78 is 0.861. The van der Waals surface area contributed by atoms with Crippen LogP contribution in [0.4, 0.5) is 0 Å². The van der Waals surface area contributed by atoms with Crippen molar-refractivity contribution in [3.05, 3.63) is 39.2 Å². The molecular formula is C12H11BrClN3. The van der Waals surface area contributed by atoms with Gasteiger partial charge in [0.25, 0.3) is 0 Å². The molecule has 0 spiro atoms. The molecule has 0 aromatic carbocycles. The van der Waals surface area contributed by atoms with Crippen LogP contribution in [0.25, 0.3) is 11.5 Å². The Labute approximate surface area is 113 Å². The van der Waals surface area contributed by atoms with E-state index < -0.39 is 0 Å². The zero-order chi connectivity index (χ0) is 12.4. The third kappa shape index (κ3) is 2.48. The maximum Gasteiger partial charge on any atom is 0.180 e. The van der Waals surface area contributed by atoms with Crippen LogP contribution in [0.15, 0.2) is 22.8 Å². The summed E-state index contributed by atoms with van der Waals surface area (Å²) in [5, 5.41) is 0.507. The van der Waals surface area contributed by atoms with Crippen LogP contribution in [-0.4, -0.2) is 15.0 Å². The van der Waals surface area contributed by atoms with Gasteiger partial charge in [-0.05, 0) is 41.4 Å². The summed E-state index contributed by atoms with van der Waals surface area (Å²) in [6.07, 6.45) is 2.54. The van der Waals surface area contributed by atoms with Crippen molar-refractivity contribution in [2.45, 2.75) is 20.3 Å². The van der Waals surface area contributed by atoms with Gasteiger partial charge in [-0.3, -0.25) is 4.98 Å². The average molecular weight is 313 g/mol. The molecule has 5 heteroatoms. The van der Waals surface area contributed by atoms with Crippen molar-refractivity contribution < 1.29 is 0 Å². The van der Waals surface area contributed by atoms with E-state index in [1.54, 1.807) is 6.20 Å². The van der Waals surface area contributed by atoms with Crippen LogP contribution in [0.1, 0.15) is 18.2 Å². The quantitative estimate of drug-likeness (QED) is 0.791. The van der Waals surface area contributed by atoms with E-state index in [1.807, 2.05) is 26.0 Å². The molecule has 88 valence electrons. The normalized spacial score (nSPS) is 10.6. The van der Waals surface area contributed by atoms with Crippen LogP contribution in [0.5, 0.6) is 0 Å². The maximum atomic E-state index is 6.14. The third-order valence-corrected chi connectivity index (χ3v) is 3.44. The van der Waals surface area contributed by atoms with Gasteiger partial charge in [0.05, 0.1) is 0 Å². The lowest BCUT2D eigenvalue weighted by molar-refractivity contribution is 0.994. The fourth-order valence-corrected chi connectivity index (χ4v) is 2.40. The second-order valence-corrected chi connectivity index (χ2v) is 4.80. The van der Waals surface area contributed by atoms with Gasteiger partial charge in [0, 0.05) is 21.9 Å². The molecule has 0 radical (unpaired) electrons. The Morgan fingerprint density at radius 2 is 2.12 bits per heavy atom. The minimum atomic E-state index is 0.507. The first kappa shape index (κ1) is 12.5. The molecule has 0 aliphatic heterocycles. The Morgan fingerprint density at radius 1 is 1.35 bits per heavy atom. The Hall–Kier alpha value is -1.00. The van der Waals surface area contributed by atoms with E-state index in [0.29, 0.717) is 16.7 Å². The maximum absolute atomic E-state index is 6.14. The fraction of sp³-hybridized carbons (Fsp3) is 0.250. The molecule has 0 bridgehead atoms. The van der Waals surface area contributed by atoms with Gasteiger partial charge in [0.15, 0.2) is 5.82 Å². The van der Waals surface area contributed by atoms with Crippen LogP contribution in [-0.2, 0) is 6.42 Å². The summed E-state index contributed by atoms with van der Waals surface area (Å²) in [6.45, 7) is 3.97. The summed E-state index contributed by atoms with van der Waals surface area (Å²) in [7, 11) is 0. The lowest BCUT2D eigenvalue weighted by atomic mass is 10.2. The van der Waals surface area contributed by atoms with E-state index in [9.17, 15) is 0 Å². The molecule has 2 aromatic heterocycles. The zero-order valence-corrected chi connectivity index (χ0v) is 11.9. The summed E-state index contributed by atoms with van der Waals surface area (Å²) in [6, 6.07) is 3.76. The summed E-state index contributed by atoms with van der Waals surface area (Å²) in [5.41, 5.74) is 2.60. The van der Waals surface area contributed by atoms with Crippen molar-refractivity contribution in [1.82, 2.24) is 15.0 Å². The first-order valence-electron chi connectivity index (χ1n) is 5.27. The molecule has 0 unspecified atom stereocenters. The molecule has 0 saturated heterocycles. The molecule has 2 rings (SSSR count). The fourth-order valence-electron chi connectivity index (χ4n) is 1.62. The van der Waals surface area contributed by atoms with E-state index in [4.69, 9.17) is 11.6 Å². The smallest absolute Gasteiger partial charge is 0.180 e. The molecule has 0 N–H and O–H groups in total. The highest BCUT2D eigenvalue weighted by molar-refractivity contribution is 9.10. The summed E-state index contributed by atoms with van der Waals surface area (Å²) >= 11 is 9.57. The van der Waals surface area contributed by atoms with Crippen molar-refractivity contribution in [1.29, 1.82) is 0 Å². The molecule has 2 aromatic rings. The van der Waals surface area contributed by atoms with E-state index >= 15 is 0 Å². The van der Waals surface area contributed by atoms with Crippen molar-refractivity contribution in [3.63, 3.8) is 0 Å². The van der Waals surface area contributed by atoms with Crippen LogP contribution in [0, 0.1) is 6.92 Å². The first-order valence-corrected chi connectivity index (χ1v) is 6.44. The number of halogens is 2.